The molecule has 2 aliphatic heterocycles. The van der Waals surface area contributed by atoms with Crippen LogP contribution < -0.4 is 5.32 Å². The van der Waals surface area contributed by atoms with Crippen molar-refractivity contribution in [1.29, 1.82) is 0 Å². The molecule has 2 unspecified atom stereocenters. The van der Waals surface area contributed by atoms with Crippen LogP contribution in [0, 0.1) is 6.92 Å². The Morgan fingerprint density at radius 3 is 2.52 bits per heavy atom. The summed E-state index contributed by atoms with van der Waals surface area (Å²) >= 11 is 0. The molecule has 1 aromatic carbocycles. The number of hydrogen-bond acceptors (Lipinski definition) is 2. The maximum absolute atomic E-state index is 12.7. The molecule has 1 aromatic heterocycles. The van der Waals surface area contributed by atoms with E-state index in [2.05, 4.69) is 30.3 Å². The molecular formula is C18H24ClN3O. The van der Waals surface area contributed by atoms with Crippen LogP contribution in [0.15, 0.2) is 30.5 Å². The number of rotatable bonds is 1. The highest BCUT2D eigenvalue weighted by Crippen LogP contribution is 2.34. The van der Waals surface area contributed by atoms with Crippen LogP contribution in [0.3, 0.4) is 0 Å². The molecule has 2 fully saturated rings. The summed E-state index contributed by atoms with van der Waals surface area (Å²) in [6.45, 7) is 2.06. The van der Waals surface area contributed by atoms with E-state index in [4.69, 9.17) is 0 Å². The van der Waals surface area contributed by atoms with Crippen molar-refractivity contribution in [1.82, 2.24) is 14.8 Å². The van der Waals surface area contributed by atoms with Crippen LogP contribution in [-0.4, -0.2) is 40.7 Å². The van der Waals surface area contributed by atoms with Crippen molar-refractivity contribution in [2.24, 2.45) is 0 Å². The molecular weight excluding hydrogens is 310 g/mol. The van der Waals surface area contributed by atoms with E-state index < -0.39 is 0 Å². The van der Waals surface area contributed by atoms with Gasteiger partial charge in [-0.1, -0.05) is 18.2 Å². The molecule has 5 heteroatoms. The molecule has 1 amide bonds. The summed E-state index contributed by atoms with van der Waals surface area (Å²) in [6, 6.07) is 9.71. The largest absolute Gasteiger partial charge is 0.335 e. The van der Waals surface area contributed by atoms with E-state index in [1.54, 1.807) is 4.57 Å². The molecule has 2 atom stereocenters. The number of aryl methyl sites for hydroxylation is 1. The molecule has 2 aliphatic rings. The summed E-state index contributed by atoms with van der Waals surface area (Å²) in [5, 5.41) is 4.41. The first kappa shape index (κ1) is 16.3. The molecule has 2 aromatic rings. The van der Waals surface area contributed by atoms with E-state index in [1.165, 1.54) is 12.8 Å². The van der Waals surface area contributed by atoms with E-state index in [0.717, 1.165) is 29.3 Å². The number of hydrogen-bond donors (Lipinski definition) is 1. The Balaban J connectivity index is 0.00000156. The standard InChI is InChI=1S/C18H23N3O.ClH/c1-12-11-21(17-6-4-3-5-16(12)17)18(22)19-13-9-14-7-8-15(10-13)20(14)2;/h3-6,11,13-15H,7-10H2,1-2H3,(H,19,22);1H. The molecule has 0 spiro atoms. The number of carbonyl (C=O) groups excluding carboxylic acids is 1. The van der Waals surface area contributed by atoms with E-state index in [9.17, 15) is 4.79 Å². The normalized spacial score (nSPS) is 27.0. The predicted molar refractivity (Wildman–Crippen MR) is 95.4 cm³/mol. The Bertz CT molecular complexity index is 712. The second-order valence-corrected chi connectivity index (χ2v) is 6.87. The smallest absolute Gasteiger partial charge is 0.326 e. The number of halogens is 1. The molecule has 4 nitrogen and oxygen atoms in total. The van der Waals surface area contributed by atoms with Crippen molar-refractivity contribution in [2.75, 3.05) is 7.05 Å². The van der Waals surface area contributed by atoms with Gasteiger partial charge >= 0.3 is 6.03 Å². The van der Waals surface area contributed by atoms with Gasteiger partial charge in [0.25, 0.3) is 0 Å². The van der Waals surface area contributed by atoms with Crippen molar-refractivity contribution in [3.8, 4) is 0 Å². The Labute approximate surface area is 143 Å². The fourth-order valence-electron chi connectivity index (χ4n) is 4.29. The second-order valence-electron chi connectivity index (χ2n) is 6.87. The van der Waals surface area contributed by atoms with Gasteiger partial charge in [-0.05, 0) is 51.3 Å². The SMILES string of the molecule is Cc1cn(C(=O)NC2CC3CCC(C2)N3C)c2ccccc12.Cl. The number of nitrogens with one attached hydrogen (secondary N) is 1. The zero-order valence-corrected chi connectivity index (χ0v) is 14.5. The summed E-state index contributed by atoms with van der Waals surface area (Å²) in [7, 11) is 2.23. The summed E-state index contributed by atoms with van der Waals surface area (Å²) in [5.74, 6) is 0. The third-order valence-corrected chi connectivity index (χ3v) is 5.56. The minimum atomic E-state index is 0. The lowest BCUT2D eigenvalue weighted by molar-refractivity contribution is 0.150. The number of fused-ring (bicyclic) bond motifs is 3. The van der Waals surface area contributed by atoms with E-state index in [-0.39, 0.29) is 18.4 Å². The maximum atomic E-state index is 12.7. The van der Waals surface area contributed by atoms with E-state index >= 15 is 0 Å². The highest BCUT2D eigenvalue weighted by molar-refractivity contribution is 5.93. The van der Waals surface area contributed by atoms with Crippen molar-refractivity contribution in [2.45, 2.75) is 50.7 Å². The van der Waals surface area contributed by atoms with Crippen molar-refractivity contribution < 1.29 is 4.79 Å². The Morgan fingerprint density at radius 1 is 1.17 bits per heavy atom. The summed E-state index contributed by atoms with van der Waals surface area (Å²) < 4.78 is 1.77. The molecule has 23 heavy (non-hydrogen) atoms. The van der Waals surface area contributed by atoms with Gasteiger partial charge in [-0.25, -0.2) is 4.79 Å². The molecule has 0 saturated carbocycles. The fraction of sp³-hybridized carbons (Fsp3) is 0.500. The molecule has 0 aliphatic carbocycles. The summed E-state index contributed by atoms with van der Waals surface area (Å²) in [4.78, 5) is 15.2. The average molecular weight is 334 g/mol. The van der Waals surface area contributed by atoms with Crippen LogP contribution in [0.25, 0.3) is 10.9 Å². The molecule has 1 N–H and O–H groups in total. The number of piperidine rings is 1. The van der Waals surface area contributed by atoms with Gasteiger partial charge in [-0.3, -0.25) is 4.57 Å². The van der Waals surface area contributed by atoms with Gasteiger partial charge in [-0.15, -0.1) is 12.4 Å². The monoisotopic (exact) mass is 333 g/mol. The van der Waals surface area contributed by atoms with Crippen LogP contribution in [-0.2, 0) is 0 Å². The van der Waals surface area contributed by atoms with Crippen LogP contribution in [0.5, 0.6) is 0 Å². The van der Waals surface area contributed by atoms with Gasteiger partial charge in [0.1, 0.15) is 0 Å². The zero-order chi connectivity index (χ0) is 15.3. The number of para-hydroxylation sites is 1. The van der Waals surface area contributed by atoms with Crippen molar-refractivity contribution in [3.63, 3.8) is 0 Å². The van der Waals surface area contributed by atoms with Gasteiger partial charge in [0.15, 0.2) is 0 Å². The first-order valence-electron chi connectivity index (χ1n) is 8.23. The minimum absolute atomic E-state index is 0. The van der Waals surface area contributed by atoms with Gasteiger partial charge in [0.05, 0.1) is 5.52 Å². The quantitative estimate of drug-likeness (QED) is 0.866. The zero-order valence-electron chi connectivity index (χ0n) is 13.7. The predicted octanol–water partition coefficient (Wildman–Crippen LogP) is 3.55. The van der Waals surface area contributed by atoms with Crippen LogP contribution >= 0.6 is 12.4 Å². The molecule has 0 radical (unpaired) electrons. The van der Waals surface area contributed by atoms with Crippen molar-refractivity contribution >= 4 is 29.3 Å². The highest BCUT2D eigenvalue weighted by Gasteiger charge is 2.38. The Kier molecular flexibility index (Phi) is 4.39. The molecule has 2 bridgehead atoms. The number of aromatic nitrogens is 1. The van der Waals surface area contributed by atoms with Gasteiger partial charge in [-0.2, -0.15) is 0 Å². The average Bonchev–Trinajstić information content (AvgIpc) is 2.93. The topological polar surface area (TPSA) is 37.3 Å². The number of carbonyl (C=O) groups is 1. The van der Waals surface area contributed by atoms with Crippen LogP contribution in [0.4, 0.5) is 4.79 Å². The molecule has 124 valence electrons. The van der Waals surface area contributed by atoms with Gasteiger partial charge in [0.2, 0.25) is 0 Å². The lowest BCUT2D eigenvalue weighted by Gasteiger charge is -2.36. The van der Waals surface area contributed by atoms with Gasteiger partial charge in [0, 0.05) is 29.7 Å². The van der Waals surface area contributed by atoms with E-state index in [1.807, 2.05) is 24.4 Å². The number of amides is 1. The summed E-state index contributed by atoms with van der Waals surface area (Å²) in [5.41, 5.74) is 2.14. The lowest BCUT2D eigenvalue weighted by atomic mass is 9.98. The maximum Gasteiger partial charge on any atom is 0.326 e. The van der Waals surface area contributed by atoms with Crippen molar-refractivity contribution in [3.05, 3.63) is 36.0 Å². The number of benzene rings is 1. The third-order valence-electron chi connectivity index (χ3n) is 5.56. The molecule has 2 saturated heterocycles. The lowest BCUT2D eigenvalue weighted by Crippen LogP contribution is -2.49. The number of nitrogens with zero attached hydrogens (tertiary/aromatic N) is 2. The first-order chi connectivity index (χ1) is 10.6. The molecule has 4 rings (SSSR count). The van der Waals surface area contributed by atoms with Crippen LogP contribution in [0.1, 0.15) is 31.2 Å². The first-order valence-corrected chi connectivity index (χ1v) is 8.23. The Morgan fingerprint density at radius 2 is 1.83 bits per heavy atom. The summed E-state index contributed by atoms with van der Waals surface area (Å²) in [6.07, 6.45) is 6.66. The van der Waals surface area contributed by atoms with Crippen LogP contribution in [0.2, 0.25) is 0 Å². The van der Waals surface area contributed by atoms with Gasteiger partial charge < -0.3 is 10.2 Å². The van der Waals surface area contributed by atoms with E-state index in [0.29, 0.717) is 18.1 Å². The molecule has 3 heterocycles. The highest BCUT2D eigenvalue weighted by atomic mass is 35.5. The second kappa shape index (κ2) is 6.17. The third kappa shape index (κ3) is 2.74. The fourth-order valence-corrected chi connectivity index (χ4v) is 4.29. The Hall–Kier alpha value is -1.52. The minimum Gasteiger partial charge on any atom is -0.335 e.